The molecule has 2 rings (SSSR count). The molecule has 27 heavy (non-hydrogen) atoms. The van der Waals surface area contributed by atoms with Crippen LogP contribution >= 0.6 is 11.8 Å². The van der Waals surface area contributed by atoms with E-state index in [0.717, 1.165) is 33.0 Å². The second kappa shape index (κ2) is 9.76. The van der Waals surface area contributed by atoms with Gasteiger partial charge in [-0.15, -0.1) is 11.8 Å². The van der Waals surface area contributed by atoms with E-state index < -0.39 is 16.9 Å². The predicted molar refractivity (Wildman–Crippen MR) is 115 cm³/mol. The topological polar surface area (TPSA) is 72.2 Å². The summed E-state index contributed by atoms with van der Waals surface area (Å²) in [6.07, 6.45) is 0.768. The summed E-state index contributed by atoms with van der Waals surface area (Å²) in [4.78, 5) is 13.1. The number of allylic oxidation sites excluding steroid dienone is 2. The molecule has 0 saturated heterocycles. The van der Waals surface area contributed by atoms with Crippen LogP contribution in [0.5, 0.6) is 0 Å². The average Bonchev–Trinajstić information content (AvgIpc) is 2.66. The molecule has 2 atom stereocenters. The third-order valence-electron chi connectivity index (χ3n) is 4.25. The van der Waals surface area contributed by atoms with Crippen molar-refractivity contribution in [2.24, 2.45) is 5.73 Å². The number of thioether (sulfide) groups is 1. The number of rotatable bonds is 8. The van der Waals surface area contributed by atoms with Crippen LogP contribution in [0.3, 0.4) is 0 Å². The van der Waals surface area contributed by atoms with Gasteiger partial charge in [0.15, 0.2) is 0 Å². The number of benzene rings is 2. The normalized spacial score (nSPS) is 14.2. The Morgan fingerprint density at radius 2 is 1.74 bits per heavy atom. The summed E-state index contributed by atoms with van der Waals surface area (Å²) in [6, 6.07) is 15.0. The van der Waals surface area contributed by atoms with Gasteiger partial charge >= 0.3 is 0 Å². The van der Waals surface area contributed by atoms with Gasteiger partial charge in [-0.05, 0) is 57.0 Å². The van der Waals surface area contributed by atoms with Gasteiger partial charge in [0, 0.05) is 21.4 Å². The minimum absolute atomic E-state index is 0.197. The minimum Gasteiger partial charge on any atom is -0.366 e. The Hall–Kier alpha value is -2.05. The molecule has 0 heterocycles. The molecule has 2 unspecified atom stereocenters. The van der Waals surface area contributed by atoms with E-state index in [0.29, 0.717) is 5.56 Å². The molecule has 0 aliphatic carbocycles. The SMILES string of the molecule is CC/C(NS(=O)c1ccc(C)cc1)=C(/C)SC(C)c1ccc(C(N)=O)cc1. The number of carbonyl (C=O) groups excluding carboxylic acids is 1. The number of aryl methyl sites for hydroxylation is 1. The molecule has 2 aromatic rings. The van der Waals surface area contributed by atoms with Crippen LogP contribution in [0.2, 0.25) is 0 Å². The highest BCUT2D eigenvalue weighted by molar-refractivity contribution is 8.03. The highest BCUT2D eigenvalue weighted by atomic mass is 32.2. The number of hydrogen-bond donors (Lipinski definition) is 2. The third-order valence-corrected chi connectivity index (χ3v) is 6.61. The molecule has 0 bridgehead atoms. The van der Waals surface area contributed by atoms with Crippen LogP contribution in [0.15, 0.2) is 64.0 Å². The van der Waals surface area contributed by atoms with Crippen molar-refractivity contribution in [3.63, 3.8) is 0 Å². The summed E-state index contributed by atoms with van der Waals surface area (Å²) in [7, 11) is -1.28. The zero-order chi connectivity index (χ0) is 20.0. The Morgan fingerprint density at radius 3 is 2.26 bits per heavy atom. The molecule has 0 aromatic heterocycles. The first-order valence-electron chi connectivity index (χ1n) is 8.83. The molecule has 0 radical (unpaired) electrons. The molecular formula is C21H26N2O2S2. The van der Waals surface area contributed by atoms with Crippen molar-refractivity contribution in [2.75, 3.05) is 0 Å². The Balaban J connectivity index is 2.09. The first kappa shape index (κ1) is 21.3. The molecule has 4 nitrogen and oxygen atoms in total. The summed E-state index contributed by atoms with van der Waals surface area (Å²) < 4.78 is 15.8. The number of nitrogens with two attached hydrogens (primary N) is 1. The minimum atomic E-state index is -1.28. The van der Waals surface area contributed by atoms with Crippen LogP contribution in [-0.4, -0.2) is 10.1 Å². The van der Waals surface area contributed by atoms with Crippen LogP contribution < -0.4 is 10.5 Å². The molecule has 3 N–H and O–H groups in total. The summed E-state index contributed by atoms with van der Waals surface area (Å²) in [5.74, 6) is -0.422. The van der Waals surface area contributed by atoms with Crippen molar-refractivity contribution in [3.8, 4) is 0 Å². The van der Waals surface area contributed by atoms with Crippen molar-refractivity contribution >= 4 is 28.7 Å². The van der Waals surface area contributed by atoms with Gasteiger partial charge in [-0.3, -0.25) is 4.79 Å². The molecule has 6 heteroatoms. The molecule has 0 spiro atoms. The fourth-order valence-corrected chi connectivity index (χ4v) is 4.80. The third kappa shape index (κ3) is 5.97. The number of hydrogen-bond acceptors (Lipinski definition) is 3. The summed E-state index contributed by atoms with van der Waals surface area (Å²) in [6.45, 7) is 8.20. The zero-order valence-electron chi connectivity index (χ0n) is 16.1. The van der Waals surface area contributed by atoms with E-state index in [1.165, 1.54) is 0 Å². The molecule has 0 fully saturated rings. The molecule has 1 amide bonds. The Morgan fingerprint density at radius 1 is 1.15 bits per heavy atom. The van der Waals surface area contributed by atoms with Crippen LogP contribution in [0.25, 0.3) is 0 Å². The lowest BCUT2D eigenvalue weighted by Gasteiger charge is -2.17. The molecule has 144 valence electrons. The van der Waals surface area contributed by atoms with Crippen molar-refractivity contribution < 1.29 is 9.00 Å². The standard InChI is InChI=1S/C21H26N2O2S2/c1-5-20(23-27(25)19-12-6-14(2)7-13-19)16(4)26-15(3)17-8-10-18(11-9-17)21(22)24/h6-13,15,23H,5H2,1-4H3,(H2,22,24)/b20-16+. The lowest BCUT2D eigenvalue weighted by atomic mass is 10.1. The second-order valence-corrected chi connectivity index (χ2v) is 9.09. The molecule has 0 saturated carbocycles. The average molecular weight is 403 g/mol. The van der Waals surface area contributed by atoms with E-state index in [1.54, 1.807) is 23.9 Å². The Bertz CT molecular complexity index is 843. The Labute approximate surface area is 168 Å². The maximum absolute atomic E-state index is 12.6. The van der Waals surface area contributed by atoms with E-state index in [4.69, 9.17) is 5.73 Å². The van der Waals surface area contributed by atoms with E-state index >= 15 is 0 Å². The maximum Gasteiger partial charge on any atom is 0.248 e. The van der Waals surface area contributed by atoms with E-state index in [-0.39, 0.29) is 5.25 Å². The summed E-state index contributed by atoms with van der Waals surface area (Å²) in [5.41, 5.74) is 9.03. The highest BCUT2D eigenvalue weighted by Crippen LogP contribution is 2.35. The van der Waals surface area contributed by atoms with Crippen molar-refractivity contribution in [1.82, 2.24) is 4.72 Å². The molecular weight excluding hydrogens is 376 g/mol. The summed E-state index contributed by atoms with van der Waals surface area (Å²) >= 11 is 1.71. The number of primary amides is 1. The molecule has 0 aliphatic rings. The monoisotopic (exact) mass is 402 g/mol. The van der Waals surface area contributed by atoms with Crippen molar-refractivity contribution in [1.29, 1.82) is 0 Å². The van der Waals surface area contributed by atoms with Crippen LogP contribution in [0.1, 0.15) is 53.9 Å². The molecule has 0 aliphatic heterocycles. The van der Waals surface area contributed by atoms with Crippen LogP contribution in [0, 0.1) is 6.92 Å². The fraction of sp³-hybridized carbons (Fsp3) is 0.286. The van der Waals surface area contributed by atoms with Gasteiger partial charge in [0.2, 0.25) is 5.91 Å². The number of amides is 1. The number of nitrogens with one attached hydrogen (secondary N) is 1. The Kier molecular flexibility index (Phi) is 7.68. The fourth-order valence-electron chi connectivity index (χ4n) is 2.55. The first-order valence-corrected chi connectivity index (χ1v) is 10.9. The van der Waals surface area contributed by atoms with E-state index in [1.807, 2.05) is 57.2 Å². The maximum atomic E-state index is 12.6. The van der Waals surface area contributed by atoms with Gasteiger partial charge < -0.3 is 10.5 Å². The quantitative estimate of drug-likeness (QED) is 0.663. The zero-order valence-corrected chi connectivity index (χ0v) is 17.7. The van der Waals surface area contributed by atoms with Crippen LogP contribution in [-0.2, 0) is 11.0 Å². The van der Waals surface area contributed by atoms with Gasteiger partial charge in [0.25, 0.3) is 0 Å². The van der Waals surface area contributed by atoms with Crippen LogP contribution in [0.4, 0.5) is 0 Å². The second-order valence-electron chi connectivity index (χ2n) is 6.32. The van der Waals surface area contributed by atoms with Gasteiger partial charge in [-0.25, -0.2) is 4.21 Å². The van der Waals surface area contributed by atoms with Gasteiger partial charge in [-0.2, -0.15) is 0 Å². The van der Waals surface area contributed by atoms with Gasteiger partial charge in [0.05, 0.1) is 4.90 Å². The van der Waals surface area contributed by atoms with Crippen molar-refractivity contribution in [2.45, 2.75) is 44.3 Å². The van der Waals surface area contributed by atoms with Crippen molar-refractivity contribution in [3.05, 3.63) is 75.8 Å². The largest absolute Gasteiger partial charge is 0.366 e. The van der Waals surface area contributed by atoms with Gasteiger partial charge in [-0.1, -0.05) is 36.8 Å². The first-order chi connectivity index (χ1) is 12.8. The summed E-state index contributed by atoms with van der Waals surface area (Å²) in [5, 5.41) is 0.197. The smallest absolute Gasteiger partial charge is 0.248 e. The molecule has 2 aromatic carbocycles. The number of carbonyl (C=O) groups is 1. The van der Waals surface area contributed by atoms with E-state index in [2.05, 4.69) is 11.6 Å². The predicted octanol–water partition coefficient (Wildman–Crippen LogP) is 4.84. The van der Waals surface area contributed by atoms with E-state index in [9.17, 15) is 9.00 Å². The highest BCUT2D eigenvalue weighted by Gasteiger charge is 2.13. The van der Waals surface area contributed by atoms with Gasteiger partial charge in [0.1, 0.15) is 11.0 Å². The lowest BCUT2D eigenvalue weighted by Crippen LogP contribution is -2.17. The lowest BCUT2D eigenvalue weighted by molar-refractivity contribution is 0.100.